The quantitative estimate of drug-likeness (QED) is 0.0917. The predicted octanol–water partition coefficient (Wildman–Crippen LogP) is 6.10. The van der Waals surface area contributed by atoms with E-state index in [0.717, 1.165) is 44.2 Å². The third kappa shape index (κ3) is 11.4. The van der Waals surface area contributed by atoms with Crippen molar-refractivity contribution in [2.24, 2.45) is 5.41 Å². The van der Waals surface area contributed by atoms with Gasteiger partial charge in [-0.05, 0) is 42.9 Å². The van der Waals surface area contributed by atoms with E-state index in [1.165, 1.54) is 17.8 Å². The largest absolute Gasteiger partial charge is 0.483 e. The number of anilines is 2. The molecule has 280 valence electrons. The molecule has 2 amide bonds. The third-order valence-electron chi connectivity index (χ3n) is 8.77. The van der Waals surface area contributed by atoms with E-state index in [4.69, 9.17) is 9.29 Å². The van der Waals surface area contributed by atoms with Gasteiger partial charge in [-0.3, -0.25) is 14.1 Å². The van der Waals surface area contributed by atoms with Gasteiger partial charge in [-0.15, -0.1) is 11.8 Å². The van der Waals surface area contributed by atoms with Crippen LogP contribution in [0.25, 0.3) is 0 Å². The number of rotatable bonds is 17. The average molecular weight is 763 g/mol. The standard InChI is InChI=1S/C36H47N3O8S3.H3N/c1-4-6-18-36(19-7-5-2)25-39(28-16-12-9-13-17-28)29-22-31(48-3)30(23-32(29)49(42,43)26-36)47-24-33(40)38-34(27-14-10-8-11-15-27)35(41)37-20-21-50(44,45)46;/h8-17,22-23,34H,4-7,18-21,24-26H2,1-3H3,(H,37,41)(H,38,40)(H,44,45,46);1H3/t34-;/m1./s1. The number of para-hydroxylation sites is 1. The second-order valence-corrected chi connectivity index (χ2v) is 17.0. The molecule has 0 saturated carbocycles. The predicted molar refractivity (Wildman–Crippen MR) is 202 cm³/mol. The Morgan fingerprint density at radius 2 is 1.61 bits per heavy atom. The van der Waals surface area contributed by atoms with Crippen LogP contribution in [0.2, 0.25) is 0 Å². The molecule has 3 aromatic carbocycles. The molecule has 0 aromatic heterocycles. The number of hydrogen-bond donors (Lipinski definition) is 4. The molecule has 3 aromatic rings. The summed E-state index contributed by atoms with van der Waals surface area (Å²) in [5, 5.41) is 5.06. The number of benzene rings is 3. The zero-order valence-electron chi connectivity index (χ0n) is 29.5. The summed E-state index contributed by atoms with van der Waals surface area (Å²) >= 11 is 1.37. The lowest BCUT2D eigenvalue weighted by Crippen LogP contribution is -2.43. The van der Waals surface area contributed by atoms with Crippen LogP contribution in [0.1, 0.15) is 64.0 Å². The van der Waals surface area contributed by atoms with Gasteiger partial charge in [0.25, 0.3) is 16.0 Å². The summed E-state index contributed by atoms with van der Waals surface area (Å²) in [4.78, 5) is 29.2. The molecule has 0 saturated heterocycles. The summed E-state index contributed by atoms with van der Waals surface area (Å²) in [5.41, 5.74) is 1.44. The van der Waals surface area contributed by atoms with E-state index in [0.29, 0.717) is 22.7 Å². The minimum atomic E-state index is -4.30. The van der Waals surface area contributed by atoms with E-state index in [9.17, 15) is 26.4 Å². The SMILES string of the molecule is CCCCC1(CCCC)CN(c2ccccc2)c2cc(SC)c(OCC(=O)N[C@@H](C(=O)NCCS(=O)(=O)O)c3ccccc3)cc2S(=O)(=O)C1.N. The fourth-order valence-corrected chi connectivity index (χ4v) is 9.30. The maximum absolute atomic E-state index is 14.4. The molecule has 1 aliphatic heterocycles. The molecule has 1 aliphatic rings. The van der Waals surface area contributed by atoms with Gasteiger partial charge in [0.2, 0.25) is 5.91 Å². The molecule has 0 fully saturated rings. The minimum absolute atomic E-state index is 0. The fourth-order valence-electron chi connectivity index (χ4n) is 6.28. The van der Waals surface area contributed by atoms with Crippen LogP contribution in [0.15, 0.2) is 82.6 Å². The molecule has 0 unspecified atom stereocenters. The molecule has 1 atom stereocenters. The van der Waals surface area contributed by atoms with Crippen molar-refractivity contribution in [3.63, 3.8) is 0 Å². The number of unbranched alkanes of at least 4 members (excludes halogenated alkanes) is 2. The molecule has 0 bridgehead atoms. The third-order valence-corrected chi connectivity index (χ3v) is 12.2. The lowest BCUT2D eigenvalue weighted by atomic mass is 9.79. The van der Waals surface area contributed by atoms with Crippen molar-refractivity contribution in [3.8, 4) is 5.75 Å². The van der Waals surface area contributed by atoms with Gasteiger partial charge in [0, 0.05) is 30.3 Å². The van der Waals surface area contributed by atoms with Crippen LogP contribution in [-0.2, 0) is 29.5 Å². The first kappa shape index (κ1) is 41.8. The Labute approximate surface area is 306 Å². The van der Waals surface area contributed by atoms with Crippen molar-refractivity contribution in [2.75, 3.05) is 42.4 Å². The number of fused-ring (bicyclic) bond motifs is 1. The molecule has 15 heteroatoms. The van der Waals surface area contributed by atoms with Gasteiger partial charge in [0.1, 0.15) is 11.8 Å². The van der Waals surface area contributed by atoms with Crippen LogP contribution in [-0.4, -0.2) is 70.7 Å². The fraction of sp³-hybridized carbons (Fsp3) is 0.444. The van der Waals surface area contributed by atoms with E-state index in [2.05, 4.69) is 29.4 Å². The van der Waals surface area contributed by atoms with Gasteiger partial charge in [-0.2, -0.15) is 8.42 Å². The number of amides is 2. The molecular formula is C36H50N4O8S3. The topological polar surface area (TPSA) is 194 Å². The number of hydrogen-bond acceptors (Lipinski definition) is 10. The summed E-state index contributed by atoms with van der Waals surface area (Å²) in [6, 6.07) is 20.3. The van der Waals surface area contributed by atoms with Crippen molar-refractivity contribution in [1.82, 2.24) is 16.8 Å². The normalized spacial score (nSPS) is 15.4. The zero-order valence-corrected chi connectivity index (χ0v) is 31.9. The highest BCUT2D eigenvalue weighted by Crippen LogP contribution is 2.47. The van der Waals surface area contributed by atoms with E-state index in [1.807, 2.05) is 42.7 Å². The summed E-state index contributed by atoms with van der Waals surface area (Å²) in [6.07, 6.45) is 7.17. The number of carbonyl (C=O) groups excluding carboxylic acids is 2. The monoisotopic (exact) mass is 762 g/mol. The first-order valence-corrected chi connectivity index (χ1v) is 21.3. The van der Waals surface area contributed by atoms with Crippen molar-refractivity contribution >= 4 is 54.9 Å². The molecule has 4 rings (SSSR count). The van der Waals surface area contributed by atoms with Crippen molar-refractivity contribution < 1.29 is 35.7 Å². The first-order chi connectivity index (χ1) is 23.8. The van der Waals surface area contributed by atoms with Crippen LogP contribution in [0, 0.1) is 5.41 Å². The maximum Gasteiger partial charge on any atom is 0.266 e. The lowest BCUT2D eigenvalue weighted by molar-refractivity contribution is -0.130. The van der Waals surface area contributed by atoms with Gasteiger partial charge >= 0.3 is 0 Å². The Morgan fingerprint density at radius 1 is 1.00 bits per heavy atom. The maximum atomic E-state index is 14.4. The van der Waals surface area contributed by atoms with Crippen molar-refractivity contribution in [1.29, 1.82) is 0 Å². The highest BCUT2D eigenvalue weighted by Gasteiger charge is 2.42. The molecule has 0 spiro atoms. The van der Waals surface area contributed by atoms with Crippen LogP contribution in [0.5, 0.6) is 5.75 Å². The van der Waals surface area contributed by atoms with Gasteiger partial charge < -0.3 is 26.4 Å². The number of sulfone groups is 1. The smallest absolute Gasteiger partial charge is 0.266 e. The van der Waals surface area contributed by atoms with Crippen molar-refractivity contribution in [2.45, 2.75) is 68.2 Å². The molecule has 0 aliphatic carbocycles. The molecule has 51 heavy (non-hydrogen) atoms. The summed E-state index contributed by atoms with van der Waals surface area (Å²) in [5.74, 6) is -1.79. The Balaban J connectivity index is 0.00000702. The van der Waals surface area contributed by atoms with Gasteiger partial charge in [-0.1, -0.05) is 88.1 Å². The molecule has 1 heterocycles. The second kappa shape index (κ2) is 18.7. The Hall–Kier alpha value is -3.63. The van der Waals surface area contributed by atoms with Gasteiger partial charge in [0.15, 0.2) is 16.4 Å². The summed E-state index contributed by atoms with van der Waals surface area (Å²) < 4.78 is 66.0. The zero-order chi connectivity index (χ0) is 36.4. The van der Waals surface area contributed by atoms with Crippen molar-refractivity contribution in [3.05, 3.63) is 78.4 Å². The summed E-state index contributed by atoms with van der Waals surface area (Å²) in [6.45, 7) is 3.91. The highest BCUT2D eigenvalue weighted by atomic mass is 32.2. The number of nitrogens with zero attached hydrogens (tertiary/aromatic N) is 1. The molecule has 0 radical (unpaired) electrons. The van der Waals surface area contributed by atoms with Crippen LogP contribution >= 0.6 is 11.8 Å². The van der Waals surface area contributed by atoms with E-state index in [-0.39, 0.29) is 29.1 Å². The van der Waals surface area contributed by atoms with Crippen LogP contribution < -0.4 is 26.4 Å². The van der Waals surface area contributed by atoms with E-state index in [1.54, 1.807) is 30.3 Å². The number of nitrogens with one attached hydrogen (secondary N) is 2. The Morgan fingerprint density at radius 3 is 2.18 bits per heavy atom. The van der Waals surface area contributed by atoms with E-state index >= 15 is 0 Å². The second-order valence-electron chi connectivity index (χ2n) is 12.6. The lowest BCUT2D eigenvalue weighted by Gasteiger charge is -2.37. The first-order valence-electron chi connectivity index (χ1n) is 16.8. The van der Waals surface area contributed by atoms with Gasteiger partial charge in [0.05, 0.1) is 27.0 Å². The number of carbonyl (C=O) groups is 2. The summed E-state index contributed by atoms with van der Waals surface area (Å²) in [7, 11) is -8.11. The number of ether oxygens (including phenoxy) is 1. The molecule has 6 N–H and O–H groups in total. The minimum Gasteiger partial charge on any atom is -0.483 e. The number of thioether (sulfide) groups is 1. The molecule has 12 nitrogen and oxygen atoms in total. The van der Waals surface area contributed by atoms with Crippen LogP contribution in [0.4, 0.5) is 11.4 Å². The van der Waals surface area contributed by atoms with E-state index < -0.39 is 55.6 Å². The average Bonchev–Trinajstić information content (AvgIpc) is 3.19. The van der Waals surface area contributed by atoms with Crippen LogP contribution in [0.3, 0.4) is 0 Å². The Kier molecular flexibility index (Phi) is 15.4. The molecular weight excluding hydrogens is 713 g/mol. The van der Waals surface area contributed by atoms with Gasteiger partial charge in [-0.25, -0.2) is 8.42 Å². The Bertz CT molecular complexity index is 1820. The highest BCUT2D eigenvalue weighted by molar-refractivity contribution is 7.98.